The highest BCUT2D eigenvalue weighted by atomic mass is 32.1. The van der Waals surface area contributed by atoms with Crippen LogP contribution in [0.3, 0.4) is 0 Å². The molecule has 0 aliphatic carbocycles. The van der Waals surface area contributed by atoms with E-state index < -0.39 is 0 Å². The average molecular weight is 317 g/mol. The van der Waals surface area contributed by atoms with Crippen LogP contribution in [0.2, 0.25) is 0 Å². The van der Waals surface area contributed by atoms with Crippen molar-refractivity contribution in [2.45, 2.75) is 19.5 Å². The van der Waals surface area contributed by atoms with Gasteiger partial charge in [0.15, 0.2) is 16.3 Å². The Morgan fingerprint density at radius 3 is 3.09 bits per heavy atom. The molecule has 4 rings (SSSR count). The lowest BCUT2D eigenvalue weighted by atomic mass is 10.1. The molecule has 7 heteroatoms. The van der Waals surface area contributed by atoms with Crippen LogP contribution in [0.15, 0.2) is 23.0 Å². The third kappa shape index (κ3) is 2.32. The Morgan fingerprint density at radius 1 is 1.27 bits per heavy atom. The van der Waals surface area contributed by atoms with E-state index >= 15 is 0 Å². The summed E-state index contributed by atoms with van der Waals surface area (Å²) < 4.78 is 11.3. The molecule has 3 heterocycles. The molecule has 6 nitrogen and oxygen atoms in total. The molecule has 0 spiro atoms. The number of hydrogen-bond acceptors (Lipinski definition) is 5. The second-order valence-corrected chi connectivity index (χ2v) is 5.89. The Morgan fingerprint density at radius 2 is 2.18 bits per heavy atom. The van der Waals surface area contributed by atoms with Crippen LogP contribution in [0, 0.1) is 4.77 Å². The quantitative estimate of drug-likeness (QED) is 0.825. The number of benzene rings is 1. The molecule has 1 aromatic heterocycles. The Balaban J connectivity index is 1.60. The van der Waals surface area contributed by atoms with Gasteiger partial charge in [-0.1, -0.05) is 12.1 Å². The maximum absolute atomic E-state index is 11.9. The van der Waals surface area contributed by atoms with E-state index in [0.29, 0.717) is 17.7 Å². The van der Waals surface area contributed by atoms with Gasteiger partial charge in [-0.15, -0.1) is 0 Å². The Bertz CT molecular complexity index is 843. The fraction of sp³-hybridized carbons (Fsp3) is 0.333. The lowest BCUT2D eigenvalue weighted by molar-refractivity contribution is 0.171. The van der Waals surface area contributed by atoms with Gasteiger partial charge in [-0.25, -0.2) is 0 Å². The van der Waals surface area contributed by atoms with Crippen molar-refractivity contribution in [2.75, 3.05) is 13.3 Å². The summed E-state index contributed by atoms with van der Waals surface area (Å²) in [5.74, 6) is 1.62. The number of fused-ring (bicyclic) bond motifs is 2. The largest absolute Gasteiger partial charge is 0.454 e. The van der Waals surface area contributed by atoms with E-state index in [-0.39, 0.29) is 12.4 Å². The molecule has 2 aliphatic rings. The van der Waals surface area contributed by atoms with Gasteiger partial charge in [-0.3, -0.25) is 14.7 Å². The van der Waals surface area contributed by atoms with E-state index in [9.17, 15) is 4.79 Å². The summed E-state index contributed by atoms with van der Waals surface area (Å²) in [7, 11) is 0. The zero-order valence-corrected chi connectivity index (χ0v) is 12.7. The van der Waals surface area contributed by atoms with Crippen molar-refractivity contribution in [1.82, 2.24) is 14.9 Å². The van der Waals surface area contributed by atoms with Crippen molar-refractivity contribution in [3.8, 4) is 11.5 Å². The van der Waals surface area contributed by atoms with Gasteiger partial charge in [0, 0.05) is 36.5 Å². The number of aromatic amines is 2. The molecule has 22 heavy (non-hydrogen) atoms. The molecule has 0 unspecified atom stereocenters. The lowest BCUT2D eigenvalue weighted by Crippen LogP contribution is -2.34. The summed E-state index contributed by atoms with van der Waals surface area (Å²) in [6.45, 7) is 2.52. The summed E-state index contributed by atoms with van der Waals surface area (Å²) >= 11 is 5.05. The van der Waals surface area contributed by atoms with E-state index in [1.165, 1.54) is 0 Å². The van der Waals surface area contributed by atoms with Gasteiger partial charge in [0.1, 0.15) is 0 Å². The molecule has 114 valence electrons. The zero-order chi connectivity index (χ0) is 15.1. The number of hydrogen-bond donors (Lipinski definition) is 2. The molecule has 2 aliphatic heterocycles. The summed E-state index contributed by atoms with van der Waals surface area (Å²) in [5, 5.41) is 0. The molecule has 2 aromatic rings. The minimum absolute atomic E-state index is 0.0734. The van der Waals surface area contributed by atoms with E-state index in [0.717, 1.165) is 41.4 Å². The normalized spacial score (nSPS) is 16.5. The Kier molecular flexibility index (Phi) is 3.24. The Labute approximate surface area is 131 Å². The van der Waals surface area contributed by atoms with Crippen LogP contribution in [0.5, 0.6) is 11.5 Å². The molecule has 0 fully saturated rings. The number of rotatable bonds is 2. The minimum atomic E-state index is -0.0734. The third-order valence-electron chi connectivity index (χ3n) is 4.06. The van der Waals surface area contributed by atoms with Crippen molar-refractivity contribution in [3.63, 3.8) is 0 Å². The fourth-order valence-electron chi connectivity index (χ4n) is 3.02. The predicted octanol–water partition coefficient (Wildman–Crippen LogP) is 1.72. The van der Waals surface area contributed by atoms with Crippen LogP contribution in [0.4, 0.5) is 0 Å². The monoisotopic (exact) mass is 317 g/mol. The molecule has 0 saturated carbocycles. The maximum atomic E-state index is 11.9. The third-order valence-corrected chi connectivity index (χ3v) is 4.27. The summed E-state index contributed by atoms with van der Waals surface area (Å²) in [6, 6.07) is 5.93. The van der Waals surface area contributed by atoms with Crippen molar-refractivity contribution in [2.24, 2.45) is 0 Å². The predicted molar refractivity (Wildman–Crippen MR) is 82.6 cm³/mol. The molecule has 0 bridgehead atoms. The van der Waals surface area contributed by atoms with Gasteiger partial charge in [0.25, 0.3) is 5.56 Å². The van der Waals surface area contributed by atoms with Crippen LogP contribution in [-0.4, -0.2) is 28.2 Å². The van der Waals surface area contributed by atoms with Gasteiger partial charge < -0.3 is 14.5 Å². The molecular weight excluding hydrogens is 302 g/mol. The summed E-state index contributed by atoms with van der Waals surface area (Å²) in [4.78, 5) is 19.9. The van der Waals surface area contributed by atoms with Gasteiger partial charge in [0.2, 0.25) is 6.79 Å². The van der Waals surface area contributed by atoms with E-state index in [2.05, 4.69) is 14.9 Å². The summed E-state index contributed by atoms with van der Waals surface area (Å²) in [6.07, 6.45) is 0.711. The molecule has 0 saturated heterocycles. The van der Waals surface area contributed by atoms with Crippen LogP contribution < -0.4 is 15.0 Å². The number of para-hydroxylation sites is 1. The first-order valence-corrected chi connectivity index (χ1v) is 7.56. The molecule has 0 atom stereocenters. The highest BCUT2D eigenvalue weighted by Gasteiger charge is 2.23. The molecular formula is C15H15N3O3S. The number of nitrogens with zero attached hydrogens (tertiary/aromatic N) is 1. The van der Waals surface area contributed by atoms with Crippen LogP contribution in [0.25, 0.3) is 0 Å². The second kappa shape index (κ2) is 5.26. The van der Waals surface area contributed by atoms with Crippen LogP contribution >= 0.6 is 12.2 Å². The topological polar surface area (TPSA) is 70.4 Å². The van der Waals surface area contributed by atoms with Crippen molar-refractivity contribution >= 4 is 12.2 Å². The van der Waals surface area contributed by atoms with E-state index in [4.69, 9.17) is 21.7 Å². The fourth-order valence-corrected chi connectivity index (χ4v) is 3.24. The number of ether oxygens (including phenoxy) is 2. The van der Waals surface area contributed by atoms with Crippen LogP contribution in [-0.2, 0) is 19.5 Å². The van der Waals surface area contributed by atoms with Crippen molar-refractivity contribution in [1.29, 1.82) is 0 Å². The molecule has 0 amide bonds. The highest BCUT2D eigenvalue weighted by molar-refractivity contribution is 7.71. The average Bonchev–Trinajstić information content (AvgIpc) is 2.96. The van der Waals surface area contributed by atoms with Gasteiger partial charge in [-0.05, 0) is 24.7 Å². The van der Waals surface area contributed by atoms with Gasteiger partial charge >= 0.3 is 0 Å². The SMILES string of the molecule is O=c1[nH]c(=S)[nH]c2c1CCN(Cc1cccc3c1OCO3)C2. The second-order valence-electron chi connectivity index (χ2n) is 5.48. The number of nitrogens with one attached hydrogen (secondary N) is 2. The molecule has 0 radical (unpaired) electrons. The highest BCUT2D eigenvalue weighted by Crippen LogP contribution is 2.36. The summed E-state index contributed by atoms with van der Waals surface area (Å²) in [5.41, 5.74) is 2.74. The minimum Gasteiger partial charge on any atom is -0.454 e. The smallest absolute Gasteiger partial charge is 0.255 e. The molecule has 1 aromatic carbocycles. The van der Waals surface area contributed by atoms with Crippen molar-refractivity contribution < 1.29 is 9.47 Å². The van der Waals surface area contributed by atoms with E-state index in [1.807, 2.05) is 18.2 Å². The zero-order valence-electron chi connectivity index (χ0n) is 11.8. The first kappa shape index (κ1) is 13.5. The number of aromatic nitrogens is 2. The van der Waals surface area contributed by atoms with Crippen LogP contribution in [0.1, 0.15) is 16.8 Å². The number of H-pyrrole nitrogens is 2. The van der Waals surface area contributed by atoms with Gasteiger partial charge in [0.05, 0.1) is 0 Å². The Hall–Kier alpha value is -2.12. The standard InChI is InChI=1S/C15H15N3O3S/c19-14-10-4-5-18(7-11(10)16-15(22)17-14)6-9-2-1-3-12-13(9)21-8-20-12/h1-3H,4-8H2,(H2,16,17,19,22). The first-order chi connectivity index (χ1) is 10.7. The van der Waals surface area contributed by atoms with Gasteiger partial charge in [-0.2, -0.15) is 0 Å². The van der Waals surface area contributed by atoms with Crippen molar-refractivity contribution in [3.05, 3.63) is 50.1 Å². The maximum Gasteiger partial charge on any atom is 0.255 e. The first-order valence-electron chi connectivity index (χ1n) is 7.15. The lowest BCUT2D eigenvalue weighted by Gasteiger charge is -2.28. The van der Waals surface area contributed by atoms with E-state index in [1.54, 1.807) is 0 Å². The molecule has 2 N–H and O–H groups in total.